The summed E-state index contributed by atoms with van der Waals surface area (Å²) in [6.45, 7) is -0.213. The third-order valence-electron chi connectivity index (χ3n) is 3.69. The number of carbonyl (C=O) groups is 1. The SMILES string of the molecule is O=C(Nc1ncnc2c1ncn2[C@@H](CO)CCO)c1ccccc1. The highest BCUT2D eigenvalue weighted by atomic mass is 16.3. The lowest BCUT2D eigenvalue weighted by Gasteiger charge is -2.14. The molecule has 3 aromatic rings. The molecule has 8 heteroatoms. The number of nitrogens with zero attached hydrogens (tertiary/aromatic N) is 4. The molecule has 2 heterocycles. The highest BCUT2D eigenvalue weighted by Crippen LogP contribution is 2.22. The zero-order valence-electron chi connectivity index (χ0n) is 12.8. The van der Waals surface area contributed by atoms with Crippen molar-refractivity contribution in [2.24, 2.45) is 0 Å². The molecule has 8 nitrogen and oxygen atoms in total. The van der Waals surface area contributed by atoms with Crippen LogP contribution in [-0.4, -0.2) is 48.9 Å². The Hall–Kier alpha value is -2.84. The number of hydrogen-bond acceptors (Lipinski definition) is 6. The molecule has 24 heavy (non-hydrogen) atoms. The van der Waals surface area contributed by atoms with Crippen LogP contribution in [0, 0.1) is 0 Å². The fourth-order valence-corrected chi connectivity index (χ4v) is 2.45. The minimum Gasteiger partial charge on any atom is -0.396 e. The molecule has 0 saturated heterocycles. The van der Waals surface area contributed by atoms with E-state index in [0.29, 0.717) is 29.0 Å². The molecule has 1 atom stereocenters. The van der Waals surface area contributed by atoms with Crippen molar-refractivity contribution in [1.82, 2.24) is 19.5 Å². The first kappa shape index (κ1) is 16.0. The lowest BCUT2D eigenvalue weighted by Crippen LogP contribution is -2.15. The van der Waals surface area contributed by atoms with Gasteiger partial charge < -0.3 is 20.1 Å². The maximum absolute atomic E-state index is 12.3. The lowest BCUT2D eigenvalue weighted by molar-refractivity contribution is 0.102. The van der Waals surface area contributed by atoms with Crippen LogP contribution in [0.5, 0.6) is 0 Å². The van der Waals surface area contributed by atoms with Crippen LogP contribution in [0.15, 0.2) is 43.0 Å². The zero-order chi connectivity index (χ0) is 16.9. The van der Waals surface area contributed by atoms with E-state index in [4.69, 9.17) is 5.11 Å². The molecule has 0 aliphatic heterocycles. The fourth-order valence-electron chi connectivity index (χ4n) is 2.45. The maximum atomic E-state index is 12.3. The molecule has 0 bridgehead atoms. The molecule has 2 aromatic heterocycles. The number of hydrogen-bond donors (Lipinski definition) is 3. The van der Waals surface area contributed by atoms with E-state index in [-0.39, 0.29) is 25.2 Å². The van der Waals surface area contributed by atoms with Crippen molar-refractivity contribution in [3.8, 4) is 0 Å². The number of imidazole rings is 1. The van der Waals surface area contributed by atoms with E-state index in [0.717, 1.165) is 0 Å². The van der Waals surface area contributed by atoms with Crippen LogP contribution in [0.2, 0.25) is 0 Å². The molecule has 3 rings (SSSR count). The van der Waals surface area contributed by atoms with Crippen molar-refractivity contribution in [3.05, 3.63) is 48.5 Å². The fraction of sp³-hybridized carbons (Fsp3) is 0.250. The van der Waals surface area contributed by atoms with E-state index in [1.165, 1.54) is 12.7 Å². The second kappa shape index (κ2) is 7.16. The Morgan fingerprint density at radius 1 is 1.17 bits per heavy atom. The Kier molecular flexibility index (Phi) is 4.78. The first-order valence-electron chi connectivity index (χ1n) is 7.50. The number of amides is 1. The first-order valence-corrected chi connectivity index (χ1v) is 7.50. The molecule has 0 aliphatic carbocycles. The molecule has 0 radical (unpaired) electrons. The van der Waals surface area contributed by atoms with Gasteiger partial charge in [0, 0.05) is 12.2 Å². The Morgan fingerprint density at radius 2 is 1.96 bits per heavy atom. The largest absolute Gasteiger partial charge is 0.396 e. The number of fused-ring (bicyclic) bond motifs is 1. The number of nitrogens with one attached hydrogen (secondary N) is 1. The maximum Gasteiger partial charge on any atom is 0.256 e. The summed E-state index contributed by atoms with van der Waals surface area (Å²) in [6, 6.07) is 8.45. The quantitative estimate of drug-likeness (QED) is 0.622. The molecule has 3 N–H and O–H groups in total. The Morgan fingerprint density at radius 3 is 2.67 bits per heavy atom. The monoisotopic (exact) mass is 327 g/mol. The first-order chi connectivity index (χ1) is 11.7. The molecule has 1 amide bonds. The van der Waals surface area contributed by atoms with Gasteiger partial charge in [0.15, 0.2) is 17.0 Å². The number of aromatic nitrogens is 4. The van der Waals surface area contributed by atoms with E-state index in [1.54, 1.807) is 28.8 Å². The van der Waals surface area contributed by atoms with E-state index in [9.17, 15) is 9.90 Å². The van der Waals surface area contributed by atoms with Gasteiger partial charge in [-0.3, -0.25) is 4.79 Å². The number of anilines is 1. The van der Waals surface area contributed by atoms with Crippen molar-refractivity contribution >= 4 is 22.9 Å². The summed E-state index contributed by atoms with van der Waals surface area (Å²) in [5.41, 5.74) is 1.43. The van der Waals surface area contributed by atoms with Gasteiger partial charge >= 0.3 is 0 Å². The van der Waals surface area contributed by atoms with Crippen molar-refractivity contribution < 1.29 is 15.0 Å². The van der Waals surface area contributed by atoms with Gasteiger partial charge in [0.05, 0.1) is 19.0 Å². The summed E-state index contributed by atoms with van der Waals surface area (Å²) < 4.78 is 1.67. The van der Waals surface area contributed by atoms with Gasteiger partial charge in [-0.1, -0.05) is 18.2 Å². The van der Waals surface area contributed by atoms with Crippen LogP contribution in [0.25, 0.3) is 11.2 Å². The van der Waals surface area contributed by atoms with Crippen LogP contribution in [0.4, 0.5) is 5.82 Å². The average molecular weight is 327 g/mol. The molecule has 0 saturated carbocycles. The van der Waals surface area contributed by atoms with Crippen molar-refractivity contribution in [3.63, 3.8) is 0 Å². The van der Waals surface area contributed by atoms with Gasteiger partial charge in [-0.25, -0.2) is 15.0 Å². The van der Waals surface area contributed by atoms with Gasteiger partial charge in [0.2, 0.25) is 0 Å². The summed E-state index contributed by atoms with van der Waals surface area (Å²) in [6.07, 6.45) is 3.22. The van der Waals surface area contributed by atoms with Crippen LogP contribution in [-0.2, 0) is 0 Å². The molecule has 0 spiro atoms. The van der Waals surface area contributed by atoms with Crippen LogP contribution < -0.4 is 5.32 Å². The van der Waals surface area contributed by atoms with Gasteiger partial charge in [0.25, 0.3) is 5.91 Å². The summed E-state index contributed by atoms with van der Waals surface area (Å²) in [5, 5.41) is 21.3. The number of aliphatic hydroxyl groups is 2. The average Bonchev–Trinajstić information content (AvgIpc) is 3.05. The normalized spacial score (nSPS) is 12.2. The second-order valence-corrected chi connectivity index (χ2v) is 5.22. The van der Waals surface area contributed by atoms with Crippen LogP contribution in [0.1, 0.15) is 22.8 Å². The van der Waals surface area contributed by atoms with Crippen molar-refractivity contribution in [2.75, 3.05) is 18.5 Å². The summed E-state index contributed by atoms with van der Waals surface area (Å²) in [4.78, 5) is 24.8. The smallest absolute Gasteiger partial charge is 0.256 e. The van der Waals surface area contributed by atoms with Gasteiger partial charge in [0.1, 0.15) is 6.33 Å². The molecular formula is C16H17N5O3. The van der Waals surface area contributed by atoms with Gasteiger partial charge in [-0.05, 0) is 18.6 Å². The minimum atomic E-state index is -0.340. The highest BCUT2D eigenvalue weighted by molar-refractivity contribution is 6.06. The van der Waals surface area contributed by atoms with Crippen LogP contribution >= 0.6 is 0 Å². The van der Waals surface area contributed by atoms with Crippen LogP contribution in [0.3, 0.4) is 0 Å². The number of rotatable bonds is 6. The second-order valence-electron chi connectivity index (χ2n) is 5.22. The molecule has 1 aromatic carbocycles. The van der Waals surface area contributed by atoms with Crippen molar-refractivity contribution in [2.45, 2.75) is 12.5 Å². The van der Waals surface area contributed by atoms with E-state index in [1.807, 2.05) is 6.07 Å². The van der Waals surface area contributed by atoms with Crippen molar-refractivity contribution in [1.29, 1.82) is 0 Å². The Labute approximate surface area is 137 Å². The lowest BCUT2D eigenvalue weighted by atomic mass is 10.2. The number of carbonyl (C=O) groups excluding carboxylic acids is 1. The molecule has 0 unspecified atom stereocenters. The number of benzene rings is 1. The minimum absolute atomic E-state index is 0.0619. The molecule has 124 valence electrons. The Bertz CT molecular complexity index is 834. The van der Waals surface area contributed by atoms with E-state index < -0.39 is 0 Å². The standard InChI is InChI=1S/C16H17N5O3/c22-7-6-12(8-23)21-10-19-13-14(17-9-18-15(13)21)20-16(24)11-4-2-1-3-5-11/h1-5,9-10,12,22-23H,6-8H2,(H,17,18,20,24)/t12-/m1/s1. The predicted molar refractivity (Wildman–Crippen MR) is 87.5 cm³/mol. The molecule has 0 fully saturated rings. The summed E-state index contributed by atoms with van der Waals surface area (Å²) >= 11 is 0. The van der Waals surface area contributed by atoms with Gasteiger partial charge in [-0.15, -0.1) is 0 Å². The third kappa shape index (κ3) is 3.10. The van der Waals surface area contributed by atoms with Gasteiger partial charge in [-0.2, -0.15) is 0 Å². The highest BCUT2D eigenvalue weighted by Gasteiger charge is 2.17. The number of aliphatic hydroxyl groups excluding tert-OH is 2. The Balaban J connectivity index is 1.93. The topological polar surface area (TPSA) is 113 Å². The summed E-state index contributed by atoms with van der Waals surface area (Å²) in [5.74, 6) is 0.00695. The third-order valence-corrected chi connectivity index (χ3v) is 3.69. The molecular weight excluding hydrogens is 310 g/mol. The van der Waals surface area contributed by atoms with E-state index in [2.05, 4.69) is 20.3 Å². The predicted octanol–water partition coefficient (Wildman–Crippen LogP) is 0.994. The van der Waals surface area contributed by atoms with E-state index >= 15 is 0 Å². The molecule has 0 aliphatic rings. The zero-order valence-corrected chi connectivity index (χ0v) is 12.8. The summed E-state index contributed by atoms with van der Waals surface area (Å²) in [7, 11) is 0.